The summed E-state index contributed by atoms with van der Waals surface area (Å²) < 4.78 is 0. The first-order chi connectivity index (χ1) is 16.3. The van der Waals surface area contributed by atoms with E-state index in [2.05, 4.69) is 29.6 Å². The maximum atomic E-state index is 13.6. The molecule has 0 bridgehead atoms. The molecule has 1 N–H and O–H groups in total. The molecule has 0 aliphatic carbocycles. The van der Waals surface area contributed by atoms with Gasteiger partial charge in [-0.3, -0.25) is 9.59 Å². The van der Waals surface area contributed by atoms with Crippen molar-refractivity contribution in [2.24, 2.45) is 0 Å². The summed E-state index contributed by atoms with van der Waals surface area (Å²) in [5, 5.41) is 6.28. The van der Waals surface area contributed by atoms with Crippen LogP contribution in [-0.4, -0.2) is 28.8 Å². The summed E-state index contributed by atoms with van der Waals surface area (Å²) in [4.78, 5) is 28.4. The van der Waals surface area contributed by atoms with E-state index in [-0.39, 0.29) is 30.8 Å². The van der Waals surface area contributed by atoms with Gasteiger partial charge < -0.3 is 10.2 Å². The molecule has 4 nitrogen and oxygen atoms in total. The molecule has 180 valence electrons. The van der Waals surface area contributed by atoms with Gasteiger partial charge in [-0.15, -0.1) is 0 Å². The predicted octanol–water partition coefficient (Wildman–Crippen LogP) is 6.80. The van der Waals surface area contributed by atoms with Crippen molar-refractivity contribution in [3.05, 3.63) is 81.8 Å². The third-order valence-corrected chi connectivity index (χ3v) is 6.97. The Morgan fingerprint density at radius 3 is 2.24 bits per heavy atom. The van der Waals surface area contributed by atoms with Gasteiger partial charge in [-0.25, -0.2) is 0 Å². The molecule has 0 saturated carbocycles. The van der Waals surface area contributed by atoms with Gasteiger partial charge in [0, 0.05) is 34.6 Å². The molecule has 0 aromatic heterocycles. The zero-order valence-electron chi connectivity index (χ0n) is 20.0. The van der Waals surface area contributed by atoms with Crippen LogP contribution in [0.2, 0.25) is 10.0 Å². The molecule has 2 amide bonds. The van der Waals surface area contributed by atoms with Crippen LogP contribution in [0.3, 0.4) is 0 Å². The standard InChI is InChI=1S/C28H32Cl2N2O2/c1-4-19(3)31-28(34)26(5-2)32(18-23-24(29)14-9-15-25(23)30)27(33)17-16-21-12-8-11-20-10-6-7-13-22(20)21/h6-15,19,26H,4-5,16-18H2,1-3H3,(H,31,34)/t19-,26+/m0/s1. The molecule has 34 heavy (non-hydrogen) atoms. The number of hydrogen-bond acceptors (Lipinski definition) is 2. The SMILES string of the molecule is CC[C@H](C(=O)N[C@@H](C)CC)N(Cc1c(Cl)cccc1Cl)C(=O)CCc1cccc2ccccc12. The average Bonchev–Trinajstić information content (AvgIpc) is 2.84. The average molecular weight is 499 g/mol. The van der Waals surface area contributed by atoms with Crippen LogP contribution in [0.5, 0.6) is 0 Å². The van der Waals surface area contributed by atoms with Crippen LogP contribution in [0.25, 0.3) is 10.8 Å². The van der Waals surface area contributed by atoms with E-state index >= 15 is 0 Å². The van der Waals surface area contributed by atoms with Crippen LogP contribution in [0.4, 0.5) is 0 Å². The van der Waals surface area contributed by atoms with E-state index in [9.17, 15) is 9.59 Å². The van der Waals surface area contributed by atoms with Gasteiger partial charge in [0.15, 0.2) is 0 Å². The van der Waals surface area contributed by atoms with Gasteiger partial charge >= 0.3 is 0 Å². The van der Waals surface area contributed by atoms with Gasteiger partial charge in [0.1, 0.15) is 6.04 Å². The minimum absolute atomic E-state index is 0.0260. The fraction of sp³-hybridized carbons (Fsp3) is 0.357. The van der Waals surface area contributed by atoms with Crippen molar-refractivity contribution in [3.63, 3.8) is 0 Å². The Balaban J connectivity index is 1.88. The number of carbonyl (C=O) groups is 2. The second kappa shape index (κ2) is 12.2. The first-order valence-corrected chi connectivity index (χ1v) is 12.6. The Morgan fingerprint density at radius 1 is 0.912 bits per heavy atom. The lowest BCUT2D eigenvalue weighted by Gasteiger charge is -2.32. The summed E-state index contributed by atoms with van der Waals surface area (Å²) in [6, 6.07) is 19.0. The van der Waals surface area contributed by atoms with Gasteiger partial charge in [-0.05, 0) is 54.7 Å². The van der Waals surface area contributed by atoms with Gasteiger partial charge in [0.05, 0.1) is 0 Å². The number of benzene rings is 3. The van der Waals surface area contributed by atoms with E-state index < -0.39 is 6.04 Å². The predicted molar refractivity (Wildman–Crippen MR) is 141 cm³/mol. The number of hydrogen-bond donors (Lipinski definition) is 1. The van der Waals surface area contributed by atoms with E-state index in [1.54, 1.807) is 23.1 Å². The van der Waals surface area contributed by atoms with Crippen LogP contribution < -0.4 is 5.32 Å². The lowest BCUT2D eigenvalue weighted by Crippen LogP contribution is -2.50. The number of amides is 2. The van der Waals surface area contributed by atoms with Gasteiger partial charge in [0.25, 0.3) is 0 Å². The van der Waals surface area contributed by atoms with Gasteiger partial charge in [-0.1, -0.05) is 85.6 Å². The maximum Gasteiger partial charge on any atom is 0.243 e. The van der Waals surface area contributed by atoms with Crippen molar-refractivity contribution in [3.8, 4) is 0 Å². The smallest absolute Gasteiger partial charge is 0.243 e. The number of nitrogens with one attached hydrogen (secondary N) is 1. The summed E-state index contributed by atoms with van der Waals surface area (Å²) in [6.45, 7) is 6.07. The van der Waals surface area contributed by atoms with E-state index in [1.165, 1.54) is 0 Å². The van der Waals surface area contributed by atoms with Crippen molar-refractivity contribution < 1.29 is 9.59 Å². The number of halogens is 2. The van der Waals surface area contributed by atoms with Crippen LogP contribution >= 0.6 is 23.2 Å². The van der Waals surface area contributed by atoms with Gasteiger partial charge in [-0.2, -0.15) is 0 Å². The monoisotopic (exact) mass is 498 g/mol. The number of fused-ring (bicyclic) bond motifs is 1. The number of aryl methyl sites for hydroxylation is 1. The number of nitrogens with zero attached hydrogens (tertiary/aromatic N) is 1. The summed E-state index contributed by atoms with van der Waals surface area (Å²) in [7, 11) is 0. The molecule has 0 radical (unpaired) electrons. The Morgan fingerprint density at radius 2 is 1.56 bits per heavy atom. The number of carbonyl (C=O) groups excluding carboxylic acids is 2. The molecule has 0 saturated heterocycles. The molecule has 0 heterocycles. The van der Waals surface area contributed by atoms with Crippen LogP contribution in [-0.2, 0) is 22.6 Å². The van der Waals surface area contributed by atoms with Crippen molar-refractivity contribution in [2.75, 3.05) is 0 Å². The molecule has 3 aromatic carbocycles. The zero-order valence-corrected chi connectivity index (χ0v) is 21.5. The van der Waals surface area contributed by atoms with Gasteiger partial charge in [0.2, 0.25) is 11.8 Å². The third-order valence-electron chi connectivity index (χ3n) is 6.27. The van der Waals surface area contributed by atoms with Crippen LogP contribution in [0, 0.1) is 0 Å². The Labute approximate surface area is 212 Å². The van der Waals surface area contributed by atoms with Crippen LogP contribution in [0.1, 0.15) is 51.2 Å². The second-order valence-corrected chi connectivity index (χ2v) is 9.42. The van der Waals surface area contributed by atoms with Crippen molar-refractivity contribution in [2.45, 2.75) is 65.1 Å². The fourth-order valence-electron chi connectivity index (χ4n) is 4.11. The molecular weight excluding hydrogens is 467 g/mol. The topological polar surface area (TPSA) is 49.4 Å². The van der Waals surface area contributed by atoms with Crippen LogP contribution in [0.15, 0.2) is 60.7 Å². The highest BCUT2D eigenvalue weighted by Crippen LogP contribution is 2.28. The minimum atomic E-state index is -0.610. The molecular formula is C28H32Cl2N2O2. The molecule has 0 aliphatic heterocycles. The first kappa shape index (κ1) is 26.1. The van der Waals surface area contributed by atoms with E-state index in [4.69, 9.17) is 23.2 Å². The summed E-state index contributed by atoms with van der Waals surface area (Å²) >= 11 is 12.9. The third kappa shape index (κ3) is 6.31. The number of rotatable bonds is 10. The summed E-state index contributed by atoms with van der Waals surface area (Å²) in [5.41, 5.74) is 1.76. The van der Waals surface area contributed by atoms with E-state index in [0.29, 0.717) is 28.5 Å². The Kier molecular flexibility index (Phi) is 9.37. The molecule has 0 unspecified atom stereocenters. The lowest BCUT2D eigenvalue weighted by atomic mass is 10.00. The summed E-state index contributed by atoms with van der Waals surface area (Å²) in [6.07, 6.45) is 2.16. The molecule has 3 rings (SSSR count). The Bertz CT molecular complexity index is 1120. The second-order valence-electron chi connectivity index (χ2n) is 8.60. The summed E-state index contributed by atoms with van der Waals surface area (Å²) in [5.74, 6) is -0.256. The quantitative estimate of drug-likeness (QED) is 0.334. The van der Waals surface area contributed by atoms with Crippen molar-refractivity contribution in [1.29, 1.82) is 0 Å². The Hall–Kier alpha value is -2.56. The largest absolute Gasteiger partial charge is 0.352 e. The molecule has 0 spiro atoms. The molecule has 2 atom stereocenters. The lowest BCUT2D eigenvalue weighted by molar-refractivity contribution is -0.141. The molecule has 3 aromatic rings. The highest BCUT2D eigenvalue weighted by molar-refractivity contribution is 6.36. The first-order valence-electron chi connectivity index (χ1n) is 11.8. The maximum absolute atomic E-state index is 13.6. The zero-order chi connectivity index (χ0) is 24.7. The van der Waals surface area contributed by atoms with E-state index in [1.807, 2.05) is 39.0 Å². The highest BCUT2D eigenvalue weighted by Gasteiger charge is 2.30. The normalized spacial score (nSPS) is 12.9. The molecule has 0 fully saturated rings. The molecule has 0 aliphatic rings. The highest BCUT2D eigenvalue weighted by atomic mass is 35.5. The van der Waals surface area contributed by atoms with E-state index in [0.717, 1.165) is 22.8 Å². The van der Waals surface area contributed by atoms with Crippen molar-refractivity contribution >= 4 is 45.8 Å². The van der Waals surface area contributed by atoms with Crippen molar-refractivity contribution in [1.82, 2.24) is 10.2 Å². The fourth-order valence-corrected chi connectivity index (χ4v) is 4.63. The molecule has 6 heteroatoms. The minimum Gasteiger partial charge on any atom is -0.352 e.